The van der Waals surface area contributed by atoms with Crippen LogP contribution in [-0.4, -0.2) is 43.2 Å². The van der Waals surface area contributed by atoms with E-state index in [9.17, 15) is 0 Å². The highest BCUT2D eigenvalue weighted by Gasteiger charge is 2.36. The summed E-state index contributed by atoms with van der Waals surface area (Å²) in [5.74, 6) is 0.873. The highest BCUT2D eigenvalue weighted by Crippen LogP contribution is 2.14. The van der Waals surface area contributed by atoms with Gasteiger partial charge in [0.25, 0.3) is 0 Å². The number of rotatable bonds is 24. The van der Waals surface area contributed by atoms with Crippen LogP contribution in [0, 0.1) is 5.92 Å². The maximum absolute atomic E-state index is 5.45. The summed E-state index contributed by atoms with van der Waals surface area (Å²) in [5, 5.41) is 3.53. The molecule has 186 valence electrons. The smallest absolute Gasteiger partial charge is 0.377 e. The quantitative estimate of drug-likeness (QED) is 0.0924. The number of nitrogens with one attached hydrogen (secondary N) is 1. The predicted octanol–water partition coefficient (Wildman–Crippen LogP) is 7.52. The lowest BCUT2D eigenvalue weighted by Gasteiger charge is -2.24. The Hall–Kier alpha value is -0.203. The zero-order valence-electron chi connectivity index (χ0n) is 21.7. The lowest BCUT2D eigenvalue weighted by Crippen LogP contribution is -2.43. The van der Waals surface area contributed by atoms with E-state index in [2.05, 4.69) is 31.3 Å². The van der Waals surface area contributed by atoms with Gasteiger partial charge in [0.05, 0.1) is 0 Å². The topological polar surface area (TPSA) is 39.7 Å². The molecule has 0 spiro atoms. The van der Waals surface area contributed by atoms with E-state index < -0.39 is 8.80 Å². The lowest BCUT2D eigenvalue weighted by atomic mass is 10.0. The van der Waals surface area contributed by atoms with Crippen LogP contribution in [0.25, 0.3) is 0 Å². The first-order valence-corrected chi connectivity index (χ1v) is 15.0. The van der Waals surface area contributed by atoms with Gasteiger partial charge in [-0.3, -0.25) is 0 Å². The van der Waals surface area contributed by atoms with Crippen LogP contribution < -0.4 is 5.32 Å². The van der Waals surface area contributed by atoms with Crippen molar-refractivity contribution in [2.24, 2.45) is 5.92 Å². The summed E-state index contributed by atoms with van der Waals surface area (Å²) < 4.78 is 16.3. The van der Waals surface area contributed by atoms with E-state index in [1.165, 1.54) is 89.9 Å². The molecular formula is C26H55NO3Si. The first kappa shape index (κ1) is 30.8. The van der Waals surface area contributed by atoms with Gasteiger partial charge in [-0.1, -0.05) is 83.8 Å². The summed E-state index contributed by atoms with van der Waals surface area (Å²) in [5.41, 5.74) is 0. The van der Waals surface area contributed by atoms with Crippen LogP contribution in [0.4, 0.5) is 0 Å². The van der Waals surface area contributed by atoms with E-state index in [0.29, 0.717) is 0 Å². The lowest BCUT2D eigenvalue weighted by molar-refractivity contribution is 0.123. The summed E-state index contributed by atoms with van der Waals surface area (Å²) in [7, 11) is 2.66. The predicted molar refractivity (Wildman–Crippen MR) is 138 cm³/mol. The van der Waals surface area contributed by atoms with Gasteiger partial charge in [-0.25, -0.2) is 0 Å². The second-order valence-electron chi connectivity index (χ2n) is 9.27. The number of hydrogen-bond acceptors (Lipinski definition) is 4. The Kier molecular flexibility index (Phi) is 22.8. The van der Waals surface area contributed by atoms with Crippen LogP contribution in [0.1, 0.15) is 110 Å². The van der Waals surface area contributed by atoms with E-state index in [4.69, 9.17) is 13.3 Å². The van der Waals surface area contributed by atoms with E-state index >= 15 is 0 Å². The van der Waals surface area contributed by atoms with Gasteiger partial charge in [0, 0.05) is 27.4 Å². The van der Waals surface area contributed by atoms with Gasteiger partial charge in [0.1, 0.15) is 0 Å². The van der Waals surface area contributed by atoms with Crippen molar-refractivity contribution in [2.75, 3.05) is 34.4 Å². The van der Waals surface area contributed by atoms with Crippen molar-refractivity contribution in [1.82, 2.24) is 5.32 Å². The van der Waals surface area contributed by atoms with E-state index in [0.717, 1.165) is 31.5 Å². The fourth-order valence-corrected chi connectivity index (χ4v) is 5.63. The Morgan fingerprint density at radius 1 is 0.613 bits per heavy atom. The summed E-state index contributed by atoms with van der Waals surface area (Å²) >= 11 is 0. The molecule has 0 aliphatic heterocycles. The van der Waals surface area contributed by atoms with Crippen LogP contribution in [0.5, 0.6) is 0 Å². The molecule has 0 aromatic rings. The maximum atomic E-state index is 5.45. The Bertz CT molecular complexity index is 379. The normalized spacial score (nSPS) is 12.5. The zero-order valence-corrected chi connectivity index (χ0v) is 22.7. The maximum Gasteiger partial charge on any atom is 0.500 e. The van der Waals surface area contributed by atoms with Crippen LogP contribution in [-0.2, 0) is 13.3 Å². The molecule has 0 heterocycles. The minimum Gasteiger partial charge on any atom is -0.377 e. The van der Waals surface area contributed by atoms with E-state index in [1.54, 1.807) is 21.3 Å². The highest BCUT2D eigenvalue weighted by atomic mass is 28.4. The molecule has 0 amide bonds. The molecule has 0 saturated carbocycles. The second kappa shape index (κ2) is 23.0. The summed E-state index contributed by atoms with van der Waals surface area (Å²) in [6.45, 7) is 6.77. The molecule has 5 heteroatoms. The SMILES string of the molecule is CO[Si](CCCNCCCCCCCCC=CCCCCCCCC(C)C)(OC)OC. The third kappa shape index (κ3) is 20.2. The third-order valence-electron chi connectivity index (χ3n) is 6.06. The van der Waals surface area contributed by atoms with Gasteiger partial charge in [0.2, 0.25) is 0 Å². The van der Waals surface area contributed by atoms with Crippen molar-refractivity contribution in [1.29, 1.82) is 0 Å². The molecule has 0 unspecified atom stereocenters. The molecular weight excluding hydrogens is 402 g/mol. The summed E-state index contributed by atoms with van der Waals surface area (Å²) in [6, 6.07) is 0.871. The Morgan fingerprint density at radius 2 is 1.06 bits per heavy atom. The van der Waals surface area contributed by atoms with Crippen molar-refractivity contribution < 1.29 is 13.3 Å². The molecule has 0 bridgehead atoms. The third-order valence-corrected chi connectivity index (χ3v) is 8.89. The van der Waals surface area contributed by atoms with Gasteiger partial charge < -0.3 is 18.6 Å². The molecule has 0 saturated heterocycles. The second-order valence-corrected chi connectivity index (χ2v) is 12.4. The van der Waals surface area contributed by atoms with Crippen molar-refractivity contribution in [2.45, 2.75) is 116 Å². The van der Waals surface area contributed by atoms with Gasteiger partial charge in [-0.05, 0) is 57.5 Å². The van der Waals surface area contributed by atoms with Gasteiger partial charge in [-0.15, -0.1) is 0 Å². The summed E-state index contributed by atoms with van der Waals surface area (Å²) in [6.07, 6.45) is 25.0. The number of allylic oxidation sites excluding steroid dienone is 2. The van der Waals surface area contributed by atoms with Gasteiger partial charge in [-0.2, -0.15) is 0 Å². The fraction of sp³-hybridized carbons (Fsp3) is 0.923. The standard InChI is InChI=1S/C26H55NO3Si/c1-26(2)22-19-17-15-13-11-9-7-6-8-10-12-14-16-18-20-23-27-24-21-25-31(28-3,29-4)30-5/h6-7,26-27H,8-25H2,1-5H3. The van der Waals surface area contributed by atoms with Crippen molar-refractivity contribution >= 4 is 8.80 Å². The van der Waals surface area contributed by atoms with Crippen LogP contribution in [0.15, 0.2) is 12.2 Å². The van der Waals surface area contributed by atoms with E-state index in [1.807, 2.05) is 0 Å². The fourth-order valence-electron chi connectivity index (χ4n) is 3.91. The first-order valence-electron chi connectivity index (χ1n) is 13.1. The molecule has 1 N–H and O–H groups in total. The van der Waals surface area contributed by atoms with Crippen molar-refractivity contribution in [3.05, 3.63) is 12.2 Å². The Balaban J connectivity index is 3.25. The van der Waals surface area contributed by atoms with Crippen LogP contribution >= 0.6 is 0 Å². The molecule has 0 atom stereocenters. The van der Waals surface area contributed by atoms with Crippen LogP contribution in [0.2, 0.25) is 6.04 Å². The number of unbranched alkanes of at least 4 members (excludes halogenated alkanes) is 11. The molecule has 31 heavy (non-hydrogen) atoms. The largest absolute Gasteiger partial charge is 0.500 e. The van der Waals surface area contributed by atoms with Crippen LogP contribution in [0.3, 0.4) is 0 Å². The monoisotopic (exact) mass is 457 g/mol. The number of hydrogen-bond donors (Lipinski definition) is 1. The average molecular weight is 458 g/mol. The molecule has 0 aromatic heterocycles. The highest BCUT2D eigenvalue weighted by molar-refractivity contribution is 6.60. The minimum atomic E-state index is -2.38. The average Bonchev–Trinajstić information content (AvgIpc) is 2.77. The zero-order chi connectivity index (χ0) is 23.0. The molecule has 0 radical (unpaired) electrons. The summed E-state index contributed by atoms with van der Waals surface area (Å²) in [4.78, 5) is 0. The Morgan fingerprint density at radius 3 is 1.58 bits per heavy atom. The molecule has 0 rings (SSSR count). The molecule has 0 fully saturated rings. The first-order chi connectivity index (χ1) is 15.1. The van der Waals surface area contributed by atoms with Crippen molar-refractivity contribution in [3.63, 3.8) is 0 Å². The minimum absolute atomic E-state index is 0.871. The van der Waals surface area contributed by atoms with Gasteiger partial charge >= 0.3 is 8.80 Å². The van der Waals surface area contributed by atoms with Crippen molar-refractivity contribution in [3.8, 4) is 0 Å². The molecule has 0 aliphatic carbocycles. The Labute approximate surface area is 196 Å². The van der Waals surface area contributed by atoms with Gasteiger partial charge in [0.15, 0.2) is 0 Å². The van der Waals surface area contributed by atoms with E-state index in [-0.39, 0.29) is 0 Å². The molecule has 0 aromatic carbocycles. The molecule has 0 aliphatic rings. The molecule has 4 nitrogen and oxygen atoms in total.